The van der Waals surface area contributed by atoms with Crippen LogP contribution in [-0.4, -0.2) is 44.7 Å². The Balaban J connectivity index is 1.62. The van der Waals surface area contributed by atoms with Gasteiger partial charge < -0.3 is 15.0 Å². The number of amides is 1. The zero-order valence-electron chi connectivity index (χ0n) is 13.8. The van der Waals surface area contributed by atoms with E-state index in [2.05, 4.69) is 17.4 Å². The third-order valence-corrected chi connectivity index (χ3v) is 4.30. The van der Waals surface area contributed by atoms with Gasteiger partial charge >= 0.3 is 5.97 Å². The lowest BCUT2D eigenvalue weighted by atomic mass is 9.97. The molecule has 2 rings (SSSR count). The van der Waals surface area contributed by atoms with Crippen LogP contribution in [0.5, 0.6) is 0 Å². The molecule has 1 fully saturated rings. The smallest absolute Gasteiger partial charge is 0.309 e. The van der Waals surface area contributed by atoms with E-state index in [9.17, 15) is 9.59 Å². The molecule has 0 bridgehead atoms. The van der Waals surface area contributed by atoms with Crippen LogP contribution in [-0.2, 0) is 20.7 Å². The number of quaternary nitrogens is 1. The molecule has 5 heteroatoms. The Hall–Kier alpha value is -1.88. The molecule has 1 amide bonds. The van der Waals surface area contributed by atoms with Crippen LogP contribution in [0, 0.1) is 5.92 Å². The Morgan fingerprint density at radius 1 is 1.22 bits per heavy atom. The van der Waals surface area contributed by atoms with E-state index in [1.807, 2.05) is 25.1 Å². The molecule has 0 aromatic heterocycles. The van der Waals surface area contributed by atoms with E-state index in [-0.39, 0.29) is 17.8 Å². The lowest BCUT2D eigenvalue weighted by Crippen LogP contribution is -3.14. The van der Waals surface area contributed by atoms with E-state index >= 15 is 0 Å². The lowest BCUT2D eigenvalue weighted by molar-refractivity contribution is -0.897. The number of likely N-dealkylation sites (tertiary alicyclic amines) is 1. The first-order valence-electron chi connectivity index (χ1n) is 8.50. The number of ether oxygens (including phenoxy) is 1. The molecule has 5 nitrogen and oxygen atoms in total. The maximum absolute atomic E-state index is 12.0. The van der Waals surface area contributed by atoms with Crippen molar-refractivity contribution in [2.24, 2.45) is 5.92 Å². The zero-order chi connectivity index (χ0) is 16.5. The van der Waals surface area contributed by atoms with E-state index in [4.69, 9.17) is 4.74 Å². The predicted octanol–water partition coefficient (Wildman–Crippen LogP) is 0.203. The van der Waals surface area contributed by atoms with Crippen molar-refractivity contribution >= 4 is 11.9 Å². The fourth-order valence-corrected chi connectivity index (χ4v) is 2.98. The molecule has 0 saturated carbocycles. The molecular formula is C18H27N2O3+. The summed E-state index contributed by atoms with van der Waals surface area (Å²) in [6, 6.07) is 10.1. The fraction of sp³-hybridized carbons (Fsp3) is 0.556. The summed E-state index contributed by atoms with van der Waals surface area (Å²) in [5.74, 6) is 0.0178. The summed E-state index contributed by atoms with van der Waals surface area (Å²) in [6.07, 6.45) is 2.48. The van der Waals surface area contributed by atoms with Crippen molar-refractivity contribution in [1.29, 1.82) is 0 Å². The molecule has 2 N–H and O–H groups in total. The number of carbonyl (C=O) groups is 2. The Kier molecular flexibility index (Phi) is 7.07. The van der Waals surface area contributed by atoms with Gasteiger partial charge in [0.1, 0.15) is 0 Å². The van der Waals surface area contributed by atoms with Gasteiger partial charge in [-0.05, 0) is 18.9 Å². The van der Waals surface area contributed by atoms with Gasteiger partial charge in [-0.1, -0.05) is 30.3 Å². The Bertz CT molecular complexity index is 496. The molecule has 0 spiro atoms. The monoisotopic (exact) mass is 319 g/mol. The van der Waals surface area contributed by atoms with Crippen LogP contribution in [0.1, 0.15) is 25.3 Å². The standard InChI is InChI=1S/C18H26N2O3/c1-2-23-18(22)16-9-12-20(13-10-16)14-17(21)19-11-8-15-6-4-3-5-7-15/h3-7,16H,2,8-14H2,1H3,(H,19,21)/p+1. The molecule has 1 heterocycles. The van der Waals surface area contributed by atoms with Gasteiger partial charge in [0.25, 0.3) is 5.91 Å². The SMILES string of the molecule is CCOC(=O)C1CC[NH+](CC(=O)NCCc2ccccc2)CC1. The number of piperidine rings is 1. The van der Waals surface area contributed by atoms with Crippen molar-refractivity contribution in [2.75, 3.05) is 32.8 Å². The number of carbonyl (C=O) groups excluding carboxylic acids is 2. The first-order valence-corrected chi connectivity index (χ1v) is 8.50. The average Bonchev–Trinajstić information content (AvgIpc) is 2.57. The molecule has 1 aromatic carbocycles. The molecule has 0 aliphatic carbocycles. The van der Waals surface area contributed by atoms with E-state index in [0.29, 0.717) is 19.7 Å². The van der Waals surface area contributed by atoms with Gasteiger partial charge in [0.05, 0.1) is 25.6 Å². The Morgan fingerprint density at radius 3 is 2.57 bits per heavy atom. The maximum atomic E-state index is 12.0. The van der Waals surface area contributed by atoms with Crippen molar-refractivity contribution in [3.05, 3.63) is 35.9 Å². The van der Waals surface area contributed by atoms with Crippen LogP contribution in [0.15, 0.2) is 30.3 Å². The second-order valence-corrected chi connectivity index (χ2v) is 6.04. The summed E-state index contributed by atoms with van der Waals surface area (Å²) >= 11 is 0. The van der Waals surface area contributed by atoms with Gasteiger partial charge in [0.15, 0.2) is 6.54 Å². The van der Waals surface area contributed by atoms with Crippen molar-refractivity contribution in [3.63, 3.8) is 0 Å². The number of hydrogen-bond acceptors (Lipinski definition) is 3. The molecule has 0 atom stereocenters. The minimum absolute atomic E-state index is 0.0137. The fourth-order valence-electron chi connectivity index (χ4n) is 2.98. The van der Waals surface area contributed by atoms with Crippen molar-refractivity contribution in [1.82, 2.24) is 5.32 Å². The van der Waals surface area contributed by atoms with Crippen LogP contribution in [0.25, 0.3) is 0 Å². The topological polar surface area (TPSA) is 59.8 Å². The third-order valence-electron chi connectivity index (χ3n) is 4.30. The van der Waals surface area contributed by atoms with Gasteiger partial charge in [-0.25, -0.2) is 0 Å². The lowest BCUT2D eigenvalue weighted by Gasteiger charge is -2.27. The number of esters is 1. The summed E-state index contributed by atoms with van der Waals surface area (Å²) in [5.41, 5.74) is 1.23. The largest absolute Gasteiger partial charge is 0.466 e. The van der Waals surface area contributed by atoms with Crippen LogP contribution in [0.3, 0.4) is 0 Å². The summed E-state index contributed by atoms with van der Waals surface area (Å²) in [5, 5.41) is 2.98. The van der Waals surface area contributed by atoms with Crippen LogP contribution in [0.4, 0.5) is 0 Å². The normalized spacial score (nSPS) is 20.7. The quantitative estimate of drug-likeness (QED) is 0.706. The Morgan fingerprint density at radius 2 is 1.91 bits per heavy atom. The molecule has 1 aliphatic rings. The van der Waals surface area contributed by atoms with Gasteiger partial charge in [-0.3, -0.25) is 9.59 Å². The Labute approximate surface area is 138 Å². The summed E-state index contributed by atoms with van der Waals surface area (Å²) in [4.78, 5) is 24.9. The van der Waals surface area contributed by atoms with Gasteiger partial charge in [-0.2, -0.15) is 0 Å². The van der Waals surface area contributed by atoms with Gasteiger partial charge in [0, 0.05) is 19.4 Å². The van der Waals surface area contributed by atoms with Crippen molar-refractivity contribution < 1.29 is 19.2 Å². The molecule has 126 valence electrons. The van der Waals surface area contributed by atoms with Crippen molar-refractivity contribution in [2.45, 2.75) is 26.2 Å². The molecule has 0 unspecified atom stereocenters. The molecule has 1 aliphatic heterocycles. The molecule has 1 aromatic rings. The van der Waals surface area contributed by atoms with E-state index < -0.39 is 0 Å². The average molecular weight is 319 g/mol. The highest BCUT2D eigenvalue weighted by molar-refractivity contribution is 5.76. The van der Waals surface area contributed by atoms with Gasteiger partial charge in [-0.15, -0.1) is 0 Å². The highest BCUT2D eigenvalue weighted by Crippen LogP contribution is 2.11. The highest BCUT2D eigenvalue weighted by Gasteiger charge is 2.29. The van der Waals surface area contributed by atoms with Crippen LogP contribution in [0.2, 0.25) is 0 Å². The van der Waals surface area contributed by atoms with Crippen LogP contribution < -0.4 is 10.2 Å². The molecule has 23 heavy (non-hydrogen) atoms. The third kappa shape index (κ3) is 6.02. The summed E-state index contributed by atoms with van der Waals surface area (Å²) in [7, 11) is 0. The van der Waals surface area contributed by atoms with Gasteiger partial charge in [0.2, 0.25) is 0 Å². The minimum Gasteiger partial charge on any atom is -0.466 e. The summed E-state index contributed by atoms with van der Waals surface area (Å²) < 4.78 is 5.07. The molecular weight excluding hydrogens is 292 g/mol. The number of rotatable bonds is 7. The minimum atomic E-state index is -0.0844. The second kappa shape index (κ2) is 9.30. The van der Waals surface area contributed by atoms with E-state index in [1.54, 1.807) is 0 Å². The molecule has 0 radical (unpaired) electrons. The maximum Gasteiger partial charge on any atom is 0.309 e. The van der Waals surface area contributed by atoms with Crippen molar-refractivity contribution in [3.8, 4) is 0 Å². The molecule has 1 saturated heterocycles. The summed E-state index contributed by atoms with van der Waals surface area (Å²) in [6.45, 7) is 5.14. The van der Waals surface area contributed by atoms with E-state index in [0.717, 1.165) is 32.4 Å². The van der Waals surface area contributed by atoms with Crippen LogP contribution >= 0.6 is 0 Å². The number of nitrogens with one attached hydrogen (secondary N) is 2. The van der Waals surface area contributed by atoms with E-state index in [1.165, 1.54) is 10.5 Å². The second-order valence-electron chi connectivity index (χ2n) is 6.04. The zero-order valence-corrected chi connectivity index (χ0v) is 13.8. The first kappa shape index (κ1) is 17.5. The number of hydrogen-bond donors (Lipinski definition) is 2. The highest BCUT2D eigenvalue weighted by atomic mass is 16.5. The first-order chi connectivity index (χ1) is 11.2. The number of benzene rings is 1. The predicted molar refractivity (Wildman–Crippen MR) is 88.1 cm³/mol.